The number of hydrogen-bond donors (Lipinski definition) is 0. The molecule has 38 valence electrons. The number of rotatable bonds is 0. The van der Waals surface area contributed by atoms with Gasteiger partial charge < -0.3 is 0 Å². The van der Waals surface area contributed by atoms with E-state index in [1.165, 1.54) is 5.57 Å². The van der Waals surface area contributed by atoms with Gasteiger partial charge in [0.15, 0.2) is 0 Å². The van der Waals surface area contributed by atoms with Crippen molar-refractivity contribution in [2.24, 2.45) is 0 Å². The number of hydrogen-bond acceptors (Lipinski definition) is 0. The Balaban J connectivity index is 0. The highest BCUT2D eigenvalue weighted by atomic mass is 79.9. The Morgan fingerprint density at radius 3 is 1.50 bits per heavy atom. The topological polar surface area (TPSA) is 0 Å². The van der Waals surface area contributed by atoms with Gasteiger partial charge in [-0.3, -0.25) is 0 Å². The minimum atomic E-state index is 0. The lowest BCUT2D eigenvalue weighted by Crippen LogP contribution is -1.52. The lowest BCUT2D eigenvalue weighted by Gasteiger charge is -1.74. The van der Waals surface area contributed by atoms with Crippen molar-refractivity contribution in [3.8, 4) is 0 Å². The van der Waals surface area contributed by atoms with Crippen LogP contribution in [-0.4, -0.2) is 0 Å². The van der Waals surface area contributed by atoms with E-state index in [0.717, 1.165) is 0 Å². The molecule has 0 aliphatic heterocycles. The lowest BCUT2D eigenvalue weighted by atomic mass is 10.3. The molecule has 0 bridgehead atoms. The maximum Gasteiger partial charge on any atom is -0.0442 e. The van der Waals surface area contributed by atoms with Crippen LogP contribution in [0.1, 0.15) is 20.8 Å². The molecule has 0 fully saturated rings. The quantitative estimate of drug-likeness (QED) is 0.466. The van der Waals surface area contributed by atoms with E-state index < -0.39 is 0 Å². The molecular formula is C5H11Br. The normalized spacial score (nSPS) is 5.83. The fourth-order valence-electron chi connectivity index (χ4n) is 0. The molecule has 0 radical (unpaired) electrons. The maximum absolute atomic E-state index is 2.08. The molecule has 6 heavy (non-hydrogen) atoms. The molecule has 1 heteroatoms. The molecular weight excluding hydrogens is 140 g/mol. The summed E-state index contributed by atoms with van der Waals surface area (Å²) in [6, 6.07) is 0. The second-order valence-electron chi connectivity index (χ2n) is 1.37. The van der Waals surface area contributed by atoms with Crippen molar-refractivity contribution in [1.29, 1.82) is 0 Å². The molecule has 0 spiro atoms. The van der Waals surface area contributed by atoms with E-state index >= 15 is 0 Å². The van der Waals surface area contributed by atoms with Gasteiger partial charge in [0.05, 0.1) is 0 Å². The van der Waals surface area contributed by atoms with Crippen LogP contribution in [0, 0.1) is 0 Å². The molecule has 0 heterocycles. The molecule has 0 aromatic heterocycles. The van der Waals surface area contributed by atoms with Crippen molar-refractivity contribution in [1.82, 2.24) is 0 Å². The molecule has 0 aromatic carbocycles. The van der Waals surface area contributed by atoms with Crippen LogP contribution in [0.5, 0.6) is 0 Å². The highest BCUT2D eigenvalue weighted by Gasteiger charge is 1.60. The molecule has 0 atom stereocenters. The van der Waals surface area contributed by atoms with Crippen LogP contribution in [0.4, 0.5) is 0 Å². The SMILES string of the molecule is Br.CC=C(C)C. The van der Waals surface area contributed by atoms with Crippen LogP contribution in [0.15, 0.2) is 11.6 Å². The minimum absolute atomic E-state index is 0. The third kappa shape index (κ3) is 8.88. The average molecular weight is 151 g/mol. The van der Waals surface area contributed by atoms with Crippen LogP contribution in [0.2, 0.25) is 0 Å². The Kier molecular flexibility index (Phi) is 8.28. The summed E-state index contributed by atoms with van der Waals surface area (Å²) in [5.41, 5.74) is 1.38. The summed E-state index contributed by atoms with van der Waals surface area (Å²) >= 11 is 0. The first-order valence-corrected chi connectivity index (χ1v) is 1.87. The summed E-state index contributed by atoms with van der Waals surface area (Å²) in [5.74, 6) is 0. The Labute approximate surface area is 50.0 Å². The van der Waals surface area contributed by atoms with Gasteiger partial charge in [-0.05, 0) is 20.8 Å². The molecule has 0 rings (SSSR count). The predicted octanol–water partition coefficient (Wildman–Crippen LogP) is 2.55. The van der Waals surface area contributed by atoms with Gasteiger partial charge in [-0.15, -0.1) is 17.0 Å². The Morgan fingerprint density at radius 2 is 1.50 bits per heavy atom. The largest absolute Gasteiger partial charge is 0.114 e. The standard InChI is InChI=1S/C5H10.BrH/c1-4-5(2)3;/h4H,1-3H3;1H. The van der Waals surface area contributed by atoms with E-state index in [9.17, 15) is 0 Å². The molecule has 0 saturated carbocycles. The van der Waals surface area contributed by atoms with E-state index in [1.807, 2.05) is 6.92 Å². The summed E-state index contributed by atoms with van der Waals surface area (Å²) in [4.78, 5) is 0. The Morgan fingerprint density at radius 1 is 1.33 bits per heavy atom. The van der Waals surface area contributed by atoms with Crippen molar-refractivity contribution in [3.63, 3.8) is 0 Å². The first-order valence-electron chi connectivity index (χ1n) is 1.87. The molecule has 0 N–H and O–H groups in total. The smallest absolute Gasteiger partial charge is 0.0442 e. The van der Waals surface area contributed by atoms with Gasteiger partial charge in [0, 0.05) is 0 Å². The monoisotopic (exact) mass is 150 g/mol. The third-order valence-electron chi connectivity index (χ3n) is 0.577. The fourth-order valence-corrected chi connectivity index (χ4v) is 0. The van der Waals surface area contributed by atoms with Crippen molar-refractivity contribution >= 4 is 17.0 Å². The van der Waals surface area contributed by atoms with E-state index in [1.54, 1.807) is 0 Å². The fraction of sp³-hybridized carbons (Fsp3) is 0.600. The van der Waals surface area contributed by atoms with Crippen molar-refractivity contribution < 1.29 is 0 Å². The second kappa shape index (κ2) is 5.22. The molecule has 0 aliphatic carbocycles. The van der Waals surface area contributed by atoms with E-state index in [4.69, 9.17) is 0 Å². The number of allylic oxidation sites excluding steroid dienone is 2. The lowest BCUT2D eigenvalue weighted by molar-refractivity contribution is 1.36. The van der Waals surface area contributed by atoms with Crippen molar-refractivity contribution in [3.05, 3.63) is 11.6 Å². The Hall–Kier alpha value is 0.220. The van der Waals surface area contributed by atoms with Gasteiger partial charge >= 0.3 is 0 Å². The summed E-state index contributed by atoms with van der Waals surface area (Å²) in [6.45, 7) is 6.20. The zero-order valence-electron chi connectivity index (χ0n) is 4.49. The third-order valence-corrected chi connectivity index (χ3v) is 0.577. The molecule has 0 saturated heterocycles. The van der Waals surface area contributed by atoms with Crippen LogP contribution < -0.4 is 0 Å². The van der Waals surface area contributed by atoms with Gasteiger partial charge in [0.2, 0.25) is 0 Å². The zero-order chi connectivity index (χ0) is 4.28. The van der Waals surface area contributed by atoms with Gasteiger partial charge in [-0.2, -0.15) is 0 Å². The van der Waals surface area contributed by atoms with E-state index in [-0.39, 0.29) is 17.0 Å². The second-order valence-corrected chi connectivity index (χ2v) is 1.37. The van der Waals surface area contributed by atoms with E-state index in [2.05, 4.69) is 19.9 Å². The first kappa shape index (κ1) is 9.52. The van der Waals surface area contributed by atoms with Gasteiger partial charge in [0.25, 0.3) is 0 Å². The van der Waals surface area contributed by atoms with Crippen LogP contribution in [-0.2, 0) is 0 Å². The summed E-state index contributed by atoms with van der Waals surface area (Å²) in [5, 5.41) is 0. The highest BCUT2D eigenvalue weighted by Crippen LogP contribution is 1.82. The summed E-state index contributed by atoms with van der Waals surface area (Å²) in [6.07, 6.45) is 2.08. The Bertz CT molecular complexity index is 41.9. The molecule has 0 nitrogen and oxygen atoms in total. The molecule has 0 aliphatic rings. The maximum atomic E-state index is 2.08. The summed E-state index contributed by atoms with van der Waals surface area (Å²) in [7, 11) is 0. The van der Waals surface area contributed by atoms with Crippen molar-refractivity contribution in [2.75, 3.05) is 0 Å². The average Bonchev–Trinajstić information content (AvgIpc) is 1.38. The predicted molar refractivity (Wildman–Crippen MR) is 35.4 cm³/mol. The summed E-state index contributed by atoms with van der Waals surface area (Å²) < 4.78 is 0. The number of halogens is 1. The van der Waals surface area contributed by atoms with Crippen LogP contribution >= 0.6 is 17.0 Å². The van der Waals surface area contributed by atoms with Gasteiger partial charge in [-0.1, -0.05) is 11.6 Å². The van der Waals surface area contributed by atoms with Crippen LogP contribution in [0.3, 0.4) is 0 Å². The molecule has 0 aromatic rings. The van der Waals surface area contributed by atoms with E-state index in [0.29, 0.717) is 0 Å². The van der Waals surface area contributed by atoms with Crippen molar-refractivity contribution in [2.45, 2.75) is 20.8 Å². The highest BCUT2D eigenvalue weighted by molar-refractivity contribution is 8.93. The first-order chi connectivity index (χ1) is 2.27. The van der Waals surface area contributed by atoms with Gasteiger partial charge in [-0.25, -0.2) is 0 Å². The minimum Gasteiger partial charge on any atom is -0.114 e. The van der Waals surface area contributed by atoms with Crippen LogP contribution in [0.25, 0.3) is 0 Å². The molecule has 0 unspecified atom stereocenters. The van der Waals surface area contributed by atoms with Gasteiger partial charge in [0.1, 0.15) is 0 Å². The zero-order valence-corrected chi connectivity index (χ0v) is 6.20. The molecule has 0 amide bonds.